The van der Waals surface area contributed by atoms with Gasteiger partial charge in [-0.1, -0.05) is 60.7 Å². The summed E-state index contributed by atoms with van der Waals surface area (Å²) < 4.78 is 63.5. The molecule has 3 aromatic rings. The van der Waals surface area contributed by atoms with Crippen LogP contribution in [-0.4, -0.2) is 69.9 Å². The van der Waals surface area contributed by atoms with Gasteiger partial charge in [0.1, 0.15) is 11.9 Å². The van der Waals surface area contributed by atoms with Gasteiger partial charge in [0.2, 0.25) is 11.8 Å². The van der Waals surface area contributed by atoms with Crippen LogP contribution < -0.4 is 21.7 Å². The number of amides is 2. The highest BCUT2D eigenvalue weighted by Crippen LogP contribution is 2.28. The minimum absolute atomic E-state index is 0.142. The van der Waals surface area contributed by atoms with Crippen molar-refractivity contribution < 1.29 is 55.7 Å². The quantitative estimate of drug-likeness (QED) is 0.187. The molecular formula is C32H35F6N5O6. The molecule has 2 aromatic carbocycles. The van der Waals surface area contributed by atoms with Crippen LogP contribution in [0.3, 0.4) is 0 Å². The Balaban J connectivity index is 0.000000500. The zero-order chi connectivity index (χ0) is 36.9. The van der Waals surface area contributed by atoms with Crippen molar-refractivity contribution in [1.29, 1.82) is 0 Å². The number of alkyl halides is 6. The Labute approximate surface area is 276 Å². The summed E-state index contributed by atoms with van der Waals surface area (Å²) in [5, 5.41) is 23.3. The van der Waals surface area contributed by atoms with E-state index in [0.29, 0.717) is 18.3 Å². The predicted molar refractivity (Wildman–Crippen MR) is 166 cm³/mol. The molecule has 1 fully saturated rings. The number of carboxylic acids is 2. The van der Waals surface area contributed by atoms with Gasteiger partial charge in [-0.15, -0.1) is 0 Å². The van der Waals surface area contributed by atoms with E-state index in [2.05, 4.69) is 69.5 Å². The molecule has 1 saturated heterocycles. The highest BCUT2D eigenvalue weighted by molar-refractivity contribution is 5.89. The summed E-state index contributed by atoms with van der Waals surface area (Å²) in [4.78, 5) is 47.4. The highest BCUT2D eigenvalue weighted by atomic mass is 19.4. The van der Waals surface area contributed by atoms with Crippen molar-refractivity contribution in [2.45, 2.75) is 57.7 Å². The van der Waals surface area contributed by atoms with Crippen LogP contribution in [0.5, 0.6) is 0 Å². The van der Waals surface area contributed by atoms with E-state index >= 15 is 0 Å². The number of carboxylic acid groups (broad SMARTS) is 2. The molecule has 0 spiro atoms. The van der Waals surface area contributed by atoms with Crippen molar-refractivity contribution in [2.75, 3.05) is 12.3 Å². The molecule has 3 atom stereocenters. The summed E-state index contributed by atoms with van der Waals surface area (Å²) in [6.45, 7) is 4.65. The van der Waals surface area contributed by atoms with Gasteiger partial charge in [0, 0.05) is 12.2 Å². The number of pyridine rings is 1. The Bertz CT molecular complexity index is 1560. The maximum atomic E-state index is 12.8. The number of carbonyl (C=O) groups excluding carboxylic acids is 2. The lowest BCUT2D eigenvalue weighted by molar-refractivity contribution is -0.193. The zero-order valence-electron chi connectivity index (χ0n) is 26.2. The number of aromatic nitrogens is 1. The summed E-state index contributed by atoms with van der Waals surface area (Å²) in [6, 6.07) is 21.4. The fourth-order valence-electron chi connectivity index (χ4n) is 4.58. The van der Waals surface area contributed by atoms with Crippen LogP contribution in [-0.2, 0) is 32.1 Å². The van der Waals surface area contributed by atoms with E-state index in [0.717, 1.165) is 30.6 Å². The van der Waals surface area contributed by atoms with Crippen LogP contribution in [0.25, 0.3) is 11.1 Å². The lowest BCUT2D eigenvalue weighted by atomic mass is 9.91. The van der Waals surface area contributed by atoms with Crippen LogP contribution in [0.2, 0.25) is 0 Å². The number of anilines is 1. The summed E-state index contributed by atoms with van der Waals surface area (Å²) in [7, 11) is 0. The number of nitrogens with zero attached hydrogens (tertiary/aromatic N) is 1. The molecule has 2 unspecified atom stereocenters. The average Bonchev–Trinajstić information content (AvgIpc) is 3.49. The number of rotatable bonds is 8. The van der Waals surface area contributed by atoms with Gasteiger partial charge in [-0.05, 0) is 67.5 Å². The summed E-state index contributed by atoms with van der Waals surface area (Å²) in [5.41, 5.74) is 11.1. The molecule has 0 saturated carbocycles. The monoisotopic (exact) mass is 699 g/mol. The first-order chi connectivity index (χ1) is 22.8. The lowest BCUT2D eigenvalue weighted by Crippen LogP contribution is -2.50. The largest absolute Gasteiger partial charge is 0.490 e. The Hall–Kier alpha value is -5.19. The number of nitrogens with two attached hydrogens (primary N) is 1. The second-order valence-corrected chi connectivity index (χ2v) is 10.8. The molecule has 4 rings (SSSR count). The van der Waals surface area contributed by atoms with Crippen LogP contribution in [0.4, 0.5) is 32.2 Å². The van der Waals surface area contributed by atoms with Crippen molar-refractivity contribution in [3.05, 3.63) is 83.6 Å². The van der Waals surface area contributed by atoms with Crippen molar-refractivity contribution in [3.8, 4) is 11.1 Å². The van der Waals surface area contributed by atoms with E-state index in [1.165, 1.54) is 16.7 Å². The maximum absolute atomic E-state index is 12.8. The molecule has 11 nitrogen and oxygen atoms in total. The highest BCUT2D eigenvalue weighted by Gasteiger charge is 2.39. The van der Waals surface area contributed by atoms with Gasteiger partial charge in [0.25, 0.3) is 0 Å². The third-order valence-electron chi connectivity index (χ3n) is 7.06. The molecule has 1 aliphatic heterocycles. The fourth-order valence-corrected chi connectivity index (χ4v) is 4.58. The van der Waals surface area contributed by atoms with Gasteiger partial charge in [-0.25, -0.2) is 14.6 Å². The maximum Gasteiger partial charge on any atom is 0.490 e. The number of aryl methyl sites for hydroxylation is 1. The van der Waals surface area contributed by atoms with Gasteiger partial charge in [-0.3, -0.25) is 9.59 Å². The Morgan fingerprint density at radius 3 is 2.00 bits per heavy atom. The third kappa shape index (κ3) is 13.4. The van der Waals surface area contributed by atoms with Crippen LogP contribution in [0, 0.1) is 12.8 Å². The summed E-state index contributed by atoms with van der Waals surface area (Å²) in [6.07, 6.45) is -8.54. The lowest BCUT2D eigenvalue weighted by Gasteiger charge is -2.18. The number of halogens is 6. The number of nitrogen functional groups attached to an aromatic ring is 1. The van der Waals surface area contributed by atoms with E-state index in [1.54, 1.807) is 13.0 Å². The van der Waals surface area contributed by atoms with E-state index in [1.807, 2.05) is 19.1 Å². The average molecular weight is 700 g/mol. The van der Waals surface area contributed by atoms with Crippen molar-refractivity contribution in [2.24, 2.45) is 5.92 Å². The Kier molecular flexibility index (Phi) is 14.5. The molecule has 0 bridgehead atoms. The number of carbonyl (C=O) groups is 4. The van der Waals surface area contributed by atoms with Gasteiger partial charge >= 0.3 is 24.3 Å². The van der Waals surface area contributed by atoms with Gasteiger partial charge in [0.15, 0.2) is 0 Å². The molecule has 0 aliphatic carbocycles. The summed E-state index contributed by atoms with van der Waals surface area (Å²) >= 11 is 0. The van der Waals surface area contributed by atoms with Crippen LogP contribution >= 0.6 is 0 Å². The molecule has 49 heavy (non-hydrogen) atoms. The molecule has 1 aliphatic rings. The third-order valence-corrected chi connectivity index (χ3v) is 7.06. The van der Waals surface area contributed by atoms with Gasteiger partial charge in [-0.2, -0.15) is 26.3 Å². The normalized spacial score (nSPS) is 16.2. The van der Waals surface area contributed by atoms with E-state index in [4.69, 9.17) is 25.5 Å². The number of aliphatic carboxylic acids is 2. The van der Waals surface area contributed by atoms with E-state index in [9.17, 15) is 35.9 Å². The fraction of sp³-hybridized carbons (Fsp3) is 0.344. The van der Waals surface area contributed by atoms with Gasteiger partial charge < -0.3 is 31.9 Å². The Morgan fingerprint density at radius 2 is 1.45 bits per heavy atom. The predicted octanol–water partition coefficient (Wildman–Crippen LogP) is 4.25. The molecule has 17 heteroatoms. The zero-order valence-corrected chi connectivity index (χ0v) is 26.2. The molecule has 266 valence electrons. The van der Waals surface area contributed by atoms with E-state index in [-0.39, 0.29) is 17.9 Å². The number of nitrogens with one attached hydrogen (secondary N) is 3. The first-order valence-electron chi connectivity index (χ1n) is 14.6. The number of hydrogen-bond acceptors (Lipinski definition) is 7. The molecule has 2 amide bonds. The molecule has 7 N–H and O–H groups in total. The summed E-state index contributed by atoms with van der Waals surface area (Å²) in [5.74, 6) is -5.09. The second kappa shape index (κ2) is 17.8. The van der Waals surface area contributed by atoms with E-state index < -0.39 is 30.3 Å². The number of benzene rings is 2. The standard InChI is InChI=1S/C28H33N5O2.2C2HF3O2/c1-18-23(12-13-26(29)32-18)17-31-27(34)19(2)33-28(35)25-15-20(16-30-25)14-22-10-6-7-11-24(22)21-8-4-3-5-9-21;2*3-2(4,5)1(6)7/h3-13,19-20,25,30H,14-17H2,1-2H3,(H2,29,32)(H,31,34)(H,33,35);2*(H,6,7)/t19-,20?,25?;;/m0../s1. The van der Waals surface area contributed by atoms with Crippen LogP contribution in [0.15, 0.2) is 66.7 Å². The molecule has 2 heterocycles. The van der Waals surface area contributed by atoms with Crippen LogP contribution in [0.1, 0.15) is 30.2 Å². The Morgan fingerprint density at radius 1 is 0.898 bits per heavy atom. The molecule has 1 aromatic heterocycles. The SMILES string of the molecule is Cc1nc(N)ccc1CNC(=O)[C@H](C)NC(=O)C1CC(Cc2ccccc2-c2ccccc2)CN1.O=C(O)C(F)(F)F.O=C(O)C(F)(F)F. The van der Waals surface area contributed by atoms with Crippen molar-refractivity contribution in [1.82, 2.24) is 20.9 Å². The molecule has 0 radical (unpaired) electrons. The minimum Gasteiger partial charge on any atom is -0.475 e. The topological polar surface area (TPSA) is 184 Å². The van der Waals surface area contributed by atoms with Gasteiger partial charge in [0.05, 0.1) is 6.04 Å². The van der Waals surface area contributed by atoms with Crippen molar-refractivity contribution >= 4 is 29.6 Å². The second-order valence-electron chi connectivity index (χ2n) is 10.8. The first-order valence-corrected chi connectivity index (χ1v) is 14.6. The smallest absolute Gasteiger partial charge is 0.475 e. The van der Waals surface area contributed by atoms with Crippen molar-refractivity contribution in [3.63, 3.8) is 0 Å². The number of hydrogen-bond donors (Lipinski definition) is 6. The minimum atomic E-state index is -5.08. The molecular weight excluding hydrogens is 664 g/mol. The first kappa shape index (κ1) is 40.0.